The quantitative estimate of drug-likeness (QED) is 0.340. The van der Waals surface area contributed by atoms with E-state index in [1.807, 2.05) is 17.0 Å². The molecule has 1 aromatic carbocycles. The number of carboxylic acids is 1. The van der Waals surface area contributed by atoms with Crippen molar-refractivity contribution in [1.29, 1.82) is 0 Å². The van der Waals surface area contributed by atoms with Crippen molar-refractivity contribution in [2.45, 2.75) is 64.3 Å². The maximum absolute atomic E-state index is 13.6. The molecule has 0 radical (unpaired) electrons. The van der Waals surface area contributed by atoms with Gasteiger partial charge in [0.15, 0.2) is 0 Å². The lowest BCUT2D eigenvalue weighted by atomic mass is 9.83. The molecule has 2 amide bonds. The lowest BCUT2D eigenvalue weighted by Gasteiger charge is -2.30. The minimum Gasteiger partial charge on any atom is -0.493 e. The van der Waals surface area contributed by atoms with Gasteiger partial charge in [-0.15, -0.1) is 0 Å². The van der Waals surface area contributed by atoms with E-state index in [0.717, 1.165) is 68.6 Å². The number of hydrogen-bond donors (Lipinski definition) is 1. The van der Waals surface area contributed by atoms with E-state index in [0.29, 0.717) is 26.1 Å². The van der Waals surface area contributed by atoms with Crippen LogP contribution in [0.5, 0.6) is 5.75 Å². The first kappa shape index (κ1) is 30.9. The Morgan fingerprint density at radius 1 is 1.05 bits per heavy atom. The van der Waals surface area contributed by atoms with Gasteiger partial charge in [-0.1, -0.05) is 25.5 Å². The summed E-state index contributed by atoms with van der Waals surface area (Å²) in [6, 6.07) is 5.67. The predicted molar refractivity (Wildman–Crippen MR) is 152 cm³/mol. The molecular formula is C30H48N4O5. The number of hydrogen-bond acceptors (Lipinski definition) is 6. The normalized spacial score (nSPS) is 20.6. The van der Waals surface area contributed by atoms with Gasteiger partial charge < -0.3 is 24.5 Å². The molecule has 9 heteroatoms. The number of carbonyl (C=O) groups excluding carboxylic acids is 2. The second-order valence-corrected chi connectivity index (χ2v) is 11.4. The number of amides is 2. The summed E-state index contributed by atoms with van der Waals surface area (Å²) in [5, 5.41) is 10.4. The van der Waals surface area contributed by atoms with Crippen LogP contribution in [-0.2, 0) is 20.8 Å². The van der Waals surface area contributed by atoms with E-state index >= 15 is 0 Å². The second-order valence-electron chi connectivity index (χ2n) is 11.4. The molecule has 0 aromatic heterocycles. The Hall–Kier alpha value is -2.65. The van der Waals surface area contributed by atoms with Gasteiger partial charge in [0.25, 0.3) is 0 Å². The Kier molecular flexibility index (Phi) is 11.6. The van der Waals surface area contributed by atoms with Crippen LogP contribution in [-0.4, -0.2) is 116 Å². The van der Waals surface area contributed by atoms with E-state index < -0.39 is 11.9 Å². The van der Waals surface area contributed by atoms with Crippen molar-refractivity contribution in [1.82, 2.24) is 19.6 Å². The molecule has 0 unspecified atom stereocenters. The van der Waals surface area contributed by atoms with Crippen molar-refractivity contribution < 1.29 is 24.2 Å². The van der Waals surface area contributed by atoms with E-state index in [1.165, 1.54) is 6.92 Å². The lowest BCUT2D eigenvalue weighted by molar-refractivity contribution is -0.144. The van der Waals surface area contributed by atoms with Crippen molar-refractivity contribution >= 4 is 17.8 Å². The number of nitrogens with zero attached hydrogens (tertiary/aromatic N) is 4. The van der Waals surface area contributed by atoms with E-state index in [2.05, 4.69) is 36.9 Å². The average molecular weight is 545 g/mol. The van der Waals surface area contributed by atoms with Gasteiger partial charge in [0.2, 0.25) is 11.8 Å². The van der Waals surface area contributed by atoms with Crippen LogP contribution in [0.2, 0.25) is 0 Å². The number of likely N-dealkylation sites (tertiary alicyclic amines) is 1. The molecule has 39 heavy (non-hydrogen) atoms. The molecular weight excluding hydrogens is 496 g/mol. The molecule has 0 aliphatic carbocycles. The van der Waals surface area contributed by atoms with Crippen molar-refractivity contribution in [2.24, 2.45) is 5.92 Å². The number of aliphatic carboxylic acids is 1. The maximum atomic E-state index is 13.6. The van der Waals surface area contributed by atoms with Gasteiger partial charge in [0, 0.05) is 58.5 Å². The fourth-order valence-electron chi connectivity index (χ4n) is 5.83. The number of fused-ring (bicyclic) bond motifs is 1. The molecule has 1 aromatic rings. The third-order valence-electron chi connectivity index (χ3n) is 8.23. The molecule has 2 aliphatic heterocycles. The Morgan fingerprint density at radius 3 is 2.44 bits per heavy atom. The Balaban J connectivity index is 1.82. The molecule has 3 rings (SSSR count). The number of ether oxygens (including phenoxy) is 1. The Labute approximate surface area is 234 Å². The lowest BCUT2D eigenvalue weighted by Crippen LogP contribution is -2.45. The summed E-state index contributed by atoms with van der Waals surface area (Å²) >= 11 is 0. The first-order chi connectivity index (χ1) is 18.6. The third-order valence-corrected chi connectivity index (χ3v) is 8.23. The molecule has 0 spiro atoms. The zero-order chi connectivity index (χ0) is 28.5. The van der Waals surface area contributed by atoms with Gasteiger partial charge in [-0.25, -0.2) is 0 Å². The summed E-state index contributed by atoms with van der Waals surface area (Å²) < 4.78 is 5.67. The van der Waals surface area contributed by atoms with Crippen molar-refractivity contribution in [3.05, 3.63) is 29.3 Å². The summed E-state index contributed by atoms with van der Waals surface area (Å²) in [6.45, 7) is 7.86. The fraction of sp³-hybridized carbons (Fsp3) is 0.700. The minimum absolute atomic E-state index is 0.0545. The summed E-state index contributed by atoms with van der Waals surface area (Å²) in [5.74, 6) is -0.878. The standard InChI is InChI=1S/C30H48N4O5/c1-6-7-15-33(16-9-8-14-31(3)4)28(36)21-34-20-25(23-10-11-27-24(19-23)13-18-39-27)29(30(37)38)26(34)12-17-32(5)22(2)35/h10-11,19,25-26,29H,6-9,12-18,20-21H2,1-5H3,(H,37,38)/t25-,26+,29-/m1/s1. The molecule has 2 aliphatic rings. The van der Waals surface area contributed by atoms with E-state index in [1.54, 1.807) is 11.9 Å². The molecule has 1 saturated heterocycles. The summed E-state index contributed by atoms with van der Waals surface area (Å²) in [7, 11) is 5.85. The summed E-state index contributed by atoms with van der Waals surface area (Å²) in [6.07, 6.45) is 5.25. The van der Waals surface area contributed by atoms with Gasteiger partial charge in [-0.3, -0.25) is 19.3 Å². The third kappa shape index (κ3) is 8.42. The topological polar surface area (TPSA) is 93.6 Å². The van der Waals surface area contributed by atoms with E-state index in [9.17, 15) is 19.5 Å². The highest BCUT2D eigenvalue weighted by atomic mass is 16.5. The van der Waals surface area contributed by atoms with Crippen LogP contribution in [0.25, 0.3) is 0 Å². The number of carbonyl (C=O) groups is 3. The average Bonchev–Trinajstić information content (AvgIpc) is 3.50. The molecule has 1 N–H and O–H groups in total. The molecule has 1 fully saturated rings. The SMILES string of the molecule is CCCCN(CCCCN(C)C)C(=O)CN1C[C@H](c2ccc3c(c2)CCO3)[C@@H](C(=O)O)[C@@H]1CCN(C)C(C)=O. The largest absolute Gasteiger partial charge is 0.493 e. The molecule has 3 atom stereocenters. The molecule has 0 saturated carbocycles. The zero-order valence-electron chi connectivity index (χ0n) is 24.5. The van der Waals surface area contributed by atoms with E-state index in [4.69, 9.17) is 4.74 Å². The van der Waals surface area contributed by atoms with Gasteiger partial charge >= 0.3 is 5.97 Å². The Bertz CT molecular complexity index is 984. The predicted octanol–water partition coefficient (Wildman–Crippen LogP) is 2.93. The number of carboxylic acid groups (broad SMARTS) is 1. The monoisotopic (exact) mass is 544 g/mol. The Morgan fingerprint density at radius 2 is 1.77 bits per heavy atom. The van der Waals surface area contributed by atoms with Gasteiger partial charge in [0.1, 0.15) is 5.75 Å². The molecule has 0 bridgehead atoms. The second kappa shape index (κ2) is 14.7. The van der Waals surface area contributed by atoms with E-state index in [-0.39, 0.29) is 30.3 Å². The van der Waals surface area contributed by atoms with Gasteiger partial charge in [0.05, 0.1) is 19.1 Å². The smallest absolute Gasteiger partial charge is 0.308 e. The fourth-order valence-corrected chi connectivity index (χ4v) is 5.83. The van der Waals surface area contributed by atoms with Crippen LogP contribution in [0.15, 0.2) is 18.2 Å². The number of unbranched alkanes of at least 4 members (excludes halogenated alkanes) is 2. The van der Waals surface area contributed by atoms with Crippen molar-refractivity contribution in [3.63, 3.8) is 0 Å². The number of benzene rings is 1. The first-order valence-corrected chi connectivity index (χ1v) is 14.5. The first-order valence-electron chi connectivity index (χ1n) is 14.5. The highest BCUT2D eigenvalue weighted by molar-refractivity contribution is 5.79. The van der Waals surface area contributed by atoms with Crippen LogP contribution < -0.4 is 4.74 Å². The number of rotatable bonds is 15. The molecule has 218 valence electrons. The van der Waals surface area contributed by atoms with Crippen LogP contribution in [0.4, 0.5) is 0 Å². The summed E-state index contributed by atoms with van der Waals surface area (Å²) in [5.41, 5.74) is 2.10. The minimum atomic E-state index is -0.853. The van der Waals surface area contributed by atoms with Gasteiger partial charge in [-0.05, 0) is 63.5 Å². The van der Waals surface area contributed by atoms with Crippen LogP contribution in [0.1, 0.15) is 63.0 Å². The van der Waals surface area contributed by atoms with Crippen LogP contribution in [0.3, 0.4) is 0 Å². The highest BCUT2D eigenvalue weighted by Crippen LogP contribution is 2.41. The van der Waals surface area contributed by atoms with Crippen LogP contribution in [0, 0.1) is 5.92 Å². The zero-order valence-corrected chi connectivity index (χ0v) is 24.5. The van der Waals surface area contributed by atoms with Crippen LogP contribution >= 0.6 is 0 Å². The van der Waals surface area contributed by atoms with Gasteiger partial charge in [-0.2, -0.15) is 0 Å². The molecule has 2 heterocycles. The van der Waals surface area contributed by atoms with Crippen molar-refractivity contribution in [3.8, 4) is 5.75 Å². The highest BCUT2D eigenvalue weighted by Gasteiger charge is 2.47. The summed E-state index contributed by atoms with van der Waals surface area (Å²) in [4.78, 5) is 46.1. The molecule has 9 nitrogen and oxygen atoms in total. The maximum Gasteiger partial charge on any atom is 0.308 e. The van der Waals surface area contributed by atoms with Crippen molar-refractivity contribution in [2.75, 3.05) is 67.0 Å².